The van der Waals surface area contributed by atoms with Gasteiger partial charge in [0.15, 0.2) is 0 Å². The van der Waals surface area contributed by atoms with Crippen molar-refractivity contribution in [2.75, 3.05) is 23.9 Å². The third-order valence-corrected chi connectivity index (χ3v) is 6.75. The maximum Gasteiger partial charge on any atom is 0.264 e. The van der Waals surface area contributed by atoms with Gasteiger partial charge in [-0.1, -0.05) is 34.1 Å². The van der Waals surface area contributed by atoms with Gasteiger partial charge in [-0.05, 0) is 55.7 Å². The number of rotatable bonds is 5. The highest BCUT2D eigenvalue weighted by molar-refractivity contribution is 9.10. The van der Waals surface area contributed by atoms with E-state index < -0.39 is 10.0 Å². The van der Waals surface area contributed by atoms with E-state index in [-0.39, 0.29) is 17.3 Å². The molecule has 2 aromatic carbocycles. The SMILES string of the molecule is O=C(CN(c1ccc(Br)cc1)S(=O)(=O)c1ccccc1)N1CCCCC1. The maximum atomic E-state index is 13.2. The Morgan fingerprint density at radius 1 is 0.962 bits per heavy atom. The Morgan fingerprint density at radius 2 is 1.58 bits per heavy atom. The van der Waals surface area contributed by atoms with Crippen LogP contribution < -0.4 is 4.31 Å². The van der Waals surface area contributed by atoms with E-state index in [0.717, 1.165) is 23.7 Å². The molecule has 138 valence electrons. The van der Waals surface area contributed by atoms with Crippen molar-refractivity contribution in [3.05, 3.63) is 59.1 Å². The first-order chi connectivity index (χ1) is 12.5. The third-order valence-electron chi connectivity index (χ3n) is 4.43. The second-order valence-electron chi connectivity index (χ2n) is 6.24. The predicted octanol–water partition coefficient (Wildman–Crippen LogP) is 3.66. The molecule has 1 heterocycles. The van der Waals surface area contributed by atoms with Crippen molar-refractivity contribution in [1.29, 1.82) is 0 Å². The Hall–Kier alpha value is -1.86. The second-order valence-corrected chi connectivity index (χ2v) is 9.02. The third kappa shape index (κ3) is 4.27. The zero-order chi connectivity index (χ0) is 18.6. The summed E-state index contributed by atoms with van der Waals surface area (Å²) in [6.45, 7) is 1.19. The summed E-state index contributed by atoms with van der Waals surface area (Å²) in [6, 6.07) is 15.2. The van der Waals surface area contributed by atoms with Crippen molar-refractivity contribution in [1.82, 2.24) is 4.90 Å². The van der Waals surface area contributed by atoms with Crippen LogP contribution in [-0.2, 0) is 14.8 Å². The Kier molecular flexibility index (Phi) is 5.98. The molecule has 1 amide bonds. The zero-order valence-electron chi connectivity index (χ0n) is 14.3. The number of amides is 1. The molecule has 0 aliphatic carbocycles. The van der Waals surface area contributed by atoms with Crippen molar-refractivity contribution in [3.8, 4) is 0 Å². The predicted molar refractivity (Wildman–Crippen MR) is 106 cm³/mol. The van der Waals surface area contributed by atoms with Crippen molar-refractivity contribution < 1.29 is 13.2 Å². The summed E-state index contributed by atoms with van der Waals surface area (Å²) in [6.07, 6.45) is 3.05. The van der Waals surface area contributed by atoms with Gasteiger partial charge < -0.3 is 4.90 Å². The van der Waals surface area contributed by atoms with Crippen LogP contribution in [0.3, 0.4) is 0 Å². The minimum Gasteiger partial charge on any atom is -0.341 e. The summed E-state index contributed by atoms with van der Waals surface area (Å²) >= 11 is 3.36. The Morgan fingerprint density at radius 3 is 2.19 bits per heavy atom. The molecule has 0 aromatic heterocycles. The molecule has 0 spiro atoms. The first-order valence-electron chi connectivity index (χ1n) is 8.59. The summed E-state index contributed by atoms with van der Waals surface area (Å²) < 4.78 is 28.4. The van der Waals surface area contributed by atoms with Crippen LogP contribution in [0.1, 0.15) is 19.3 Å². The van der Waals surface area contributed by atoms with E-state index >= 15 is 0 Å². The van der Waals surface area contributed by atoms with Gasteiger partial charge in [0.1, 0.15) is 6.54 Å². The van der Waals surface area contributed by atoms with Crippen LogP contribution >= 0.6 is 15.9 Å². The molecular formula is C19H21BrN2O3S. The molecule has 1 aliphatic heterocycles. The smallest absolute Gasteiger partial charge is 0.264 e. The average molecular weight is 437 g/mol. The maximum absolute atomic E-state index is 13.2. The lowest BCUT2D eigenvalue weighted by atomic mass is 10.1. The van der Waals surface area contributed by atoms with Gasteiger partial charge in [-0.2, -0.15) is 0 Å². The van der Waals surface area contributed by atoms with Crippen LogP contribution in [0.5, 0.6) is 0 Å². The van der Waals surface area contributed by atoms with E-state index in [9.17, 15) is 13.2 Å². The van der Waals surface area contributed by atoms with Crippen molar-refractivity contribution >= 4 is 37.5 Å². The summed E-state index contributed by atoms with van der Waals surface area (Å²) in [4.78, 5) is 14.7. The summed E-state index contributed by atoms with van der Waals surface area (Å²) in [7, 11) is -3.83. The van der Waals surface area contributed by atoms with Gasteiger partial charge in [-0.15, -0.1) is 0 Å². The number of likely N-dealkylation sites (tertiary alicyclic amines) is 1. The van der Waals surface area contributed by atoms with Gasteiger partial charge in [-0.25, -0.2) is 8.42 Å². The lowest BCUT2D eigenvalue weighted by Gasteiger charge is -2.30. The zero-order valence-corrected chi connectivity index (χ0v) is 16.7. The number of nitrogens with zero attached hydrogens (tertiary/aromatic N) is 2. The van der Waals surface area contributed by atoms with Crippen LogP contribution in [0, 0.1) is 0 Å². The van der Waals surface area contributed by atoms with Crippen molar-refractivity contribution in [2.24, 2.45) is 0 Å². The van der Waals surface area contributed by atoms with Crippen LogP contribution in [0.2, 0.25) is 0 Å². The summed E-state index contributed by atoms with van der Waals surface area (Å²) in [5, 5.41) is 0. The summed E-state index contributed by atoms with van der Waals surface area (Å²) in [5.41, 5.74) is 0.474. The normalized spacial score (nSPS) is 14.9. The van der Waals surface area contributed by atoms with E-state index in [1.54, 1.807) is 59.5 Å². The van der Waals surface area contributed by atoms with Gasteiger partial charge >= 0.3 is 0 Å². The number of benzene rings is 2. The monoisotopic (exact) mass is 436 g/mol. The molecule has 0 bridgehead atoms. The molecule has 1 aliphatic rings. The topological polar surface area (TPSA) is 57.7 Å². The molecular weight excluding hydrogens is 416 g/mol. The number of hydrogen-bond acceptors (Lipinski definition) is 3. The molecule has 0 atom stereocenters. The molecule has 7 heteroatoms. The Bertz CT molecular complexity index is 848. The molecule has 0 N–H and O–H groups in total. The number of anilines is 1. The van der Waals surface area contributed by atoms with Crippen LogP contribution in [0.25, 0.3) is 0 Å². The highest BCUT2D eigenvalue weighted by atomic mass is 79.9. The fourth-order valence-electron chi connectivity index (χ4n) is 3.01. The quantitative estimate of drug-likeness (QED) is 0.718. The number of piperidine rings is 1. The standard InChI is InChI=1S/C19H21BrN2O3S/c20-16-9-11-17(12-10-16)22(15-19(23)21-13-5-2-6-14-21)26(24,25)18-7-3-1-4-8-18/h1,3-4,7-12H,2,5-6,13-15H2. The van der Waals surface area contributed by atoms with Crippen LogP contribution in [0.15, 0.2) is 64.0 Å². The highest BCUT2D eigenvalue weighted by Gasteiger charge is 2.29. The molecule has 1 saturated heterocycles. The second kappa shape index (κ2) is 8.22. The van der Waals surface area contributed by atoms with Gasteiger partial charge in [0, 0.05) is 17.6 Å². The van der Waals surface area contributed by atoms with E-state index in [2.05, 4.69) is 15.9 Å². The largest absolute Gasteiger partial charge is 0.341 e. The molecule has 26 heavy (non-hydrogen) atoms. The molecule has 0 unspecified atom stereocenters. The Balaban J connectivity index is 1.94. The van der Waals surface area contributed by atoms with Gasteiger partial charge in [0.2, 0.25) is 5.91 Å². The first kappa shape index (κ1) is 18.9. The fraction of sp³-hybridized carbons (Fsp3) is 0.316. The fourth-order valence-corrected chi connectivity index (χ4v) is 4.71. The average Bonchev–Trinajstić information content (AvgIpc) is 2.68. The number of carbonyl (C=O) groups excluding carboxylic acids is 1. The van der Waals surface area contributed by atoms with Crippen molar-refractivity contribution in [3.63, 3.8) is 0 Å². The summed E-state index contributed by atoms with van der Waals surface area (Å²) in [5.74, 6) is -0.160. The van der Waals surface area contributed by atoms with Crippen LogP contribution in [-0.4, -0.2) is 38.9 Å². The molecule has 0 saturated carbocycles. The molecule has 5 nitrogen and oxygen atoms in total. The van der Waals surface area contributed by atoms with Gasteiger partial charge in [-0.3, -0.25) is 9.10 Å². The minimum atomic E-state index is -3.83. The number of sulfonamides is 1. The van der Waals surface area contributed by atoms with Gasteiger partial charge in [0.25, 0.3) is 10.0 Å². The van der Waals surface area contributed by atoms with E-state index in [4.69, 9.17) is 0 Å². The molecule has 0 radical (unpaired) electrons. The highest BCUT2D eigenvalue weighted by Crippen LogP contribution is 2.25. The molecule has 1 fully saturated rings. The van der Waals surface area contributed by atoms with E-state index in [0.29, 0.717) is 18.8 Å². The van der Waals surface area contributed by atoms with E-state index in [1.807, 2.05) is 0 Å². The van der Waals surface area contributed by atoms with Crippen LogP contribution in [0.4, 0.5) is 5.69 Å². The van der Waals surface area contributed by atoms with Gasteiger partial charge in [0.05, 0.1) is 10.6 Å². The molecule has 2 aromatic rings. The number of carbonyl (C=O) groups is 1. The lowest BCUT2D eigenvalue weighted by Crippen LogP contribution is -2.44. The van der Waals surface area contributed by atoms with Crippen molar-refractivity contribution in [2.45, 2.75) is 24.2 Å². The number of hydrogen-bond donors (Lipinski definition) is 0. The first-order valence-corrected chi connectivity index (χ1v) is 10.8. The minimum absolute atomic E-state index is 0.160. The van der Waals surface area contributed by atoms with E-state index in [1.165, 1.54) is 4.31 Å². The number of halogens is 1. The molecule has 3 rings (SSSR count). The lowest BCUT2D eigenvalue weighted by molar-refractivity contribution is -0.130. The Labute approximate surface area is 162 Å².